The maximum Gasteiger partial charge on any atom is 0.266 e. The van der Waals surface area contributed by atoms with Gasteiger partial charge in [-0.25, -0.2) is 9.98 Å². The highest BCUT2D eigenvalue weighted by atomic mass is 79.9. The molecule has 4 rings (SSSR count). The summed E-state index contributed by atoms with van der Waals surface area (Å²) in [5, 5.41) is 0.955. The first kappa shape index (κ1) is 23.7. The second-order valence-electron chi connectivity index (χ2n) is 6.62. The molecule has 1 saturated heterocycles. The minimum absolute atomic E-state index is 0.129. The molecule has 1 aromatic heterocycles. The Bertz CT molecular complexity index is 1310. The minimum Gasteiger partial charge on any atom is -0.436 e. The van der Waals surface area contributed by atoms with E-state index in [1.54, 1.807) is 47.4 Å². The van der Waals surface area contributed by atoms with E-state index in [9.17, 15) is 9.18 Å². The van der Waals surface area contributed by atoms with Crippen molar-refractivity contribution in [2.24, 2.45) is 4.99 Å². The molecule has 0 unspecified atom stereocenters. The highest BCUT2D eigenvalue weighted by molar-refractivity contribution is 9.10. The molecule has 1 aliphatic rings. The molecule has 0 atom stereocenters. The van der Waals surface area contributed by atoms with Gasteiger partial charge in [0.25, 0.3) is 11.8 Å². The number of carbonyl (C=O) groups excluding carboxylic acids is 1. The highest BCUT2D eigenvalue weighted by Gasteiger charge is 2.32. The fourth-order valence-corrected chi connectivity index (χ4v) is 4.48. The molecule has 2 heterocycles. The average Bonchev–Trinajstić information content (AvgIpc) is 3.07. The predicted octanol–water partition coefficient (Wildman–Crippen LogP) is 7.10. The van der Waals surface area contributed by atoms with E-state index in [0.717, 1.165) is 10.7 Å². The summed E-state index contributed by atoms with van der Waals surface area (Å²) in [7, 11) is 0. The van der Waals surface area contributed by atoms with Crippen LogP contribution in [0.2, 0.25) is 10.3 Å². The maximum absolute atomic E-state index is 13.9. The average molecular weight is 568 g/mol. The molecule has 168 valence electrons. The number of rotatable bonds is 5. The number of carbonyl (C=O) groups is 1. The molecule has 33 heavy (non-hydrogen) atoms. The van der Waals surface area contributed by atoms with E-state index in [-0.39, 0.29) is 17.1 Å². The van der Waals surface area contributed by atoms with Crippen molar-refractivity contribution in [3.63, 3.8) is 0 Å². The van der Waals surface area contributed by atoms with E-state index in [4.69, 9.17) is 27.9 Å². The van der Waals surface area contributed by atoms with Crippen LogP contribution in [0.5, 0.6) is 11.6 Å². The van der Waals surface area contributed by atoms with Crippen molar-refractivity contribution in [3.05, 3.63) is 79.7 Å². The monoisotopic (exact) mass is 566 g/mol. The van der Waals surface area contributed by atoms with E-state index in [1.165, 1.54) is 11.8 Å². The first-order chi connectivity index (χ1) is 15.8. The molecule has 1 amide bonds. The third-order valence-corrected chi connectivity index (χ3v) is 6.81. The quantitative estimate of drug-likeness (QED) is 0.243. The number of aliphatic imine (C=N–C) groups is 1. The molecule has 0 saturated carbocycles. The van der Waals surface area contributed by atoms with Crippen LogP contribution < -0.4 is 4.74 Å². The Labute approximate surface area is 211 Å². The van der Waals surface area contributed by atoms with Crippen molar-refractivity contribution < 1.29 is 13.9 Å². The van der Waals surface area contributed by atoms with E-state index < -0.39 is 5.82 Å². The smallest absolute Gasteiger partial charge is 0.266 e. The number of likely N-dealkylation sites (N-methyl/N-ethyl adjacent to an activating group) is 1. The molecule has 0 bridgehead atoms. The number of ether oxygens (including phenoxy) is 1. The predicted molar refractivity (Wildman–Crippen MR) is 133 cm³/mol. The first-order valence-electron chi connectivity index (χ1n) is 9.55. The van der Waals surface area contributed by atoms with Gasteiger partial charge in [-0.1, -0.05) is 23.7 Å². The molecule has 1 fully saturated rings. The summed E-state index contributed by atoms with van der Waals surface area (Å²) in [5.74, 6) is -0.855. The molecule has 0 radical (unpaired) electrons. The summed E-state index contributed by atoms with van der Waals surface area (Å²) < 4.78 is 20.2. The van der Waals surface area contributed by atoms with E-state index >= 15 is 0 Å². The highest BCUT2D eigenvalue weighted by Crippen LogP contribution is 2.36. The Morgan fingerprint density at radius 1 is 1.27 bits per heavy atom. The van der Waals surface area contributed by atoms with E-state index in [0.29, 0.717) is 38.6 Å². The van der Waals surface area contributed by atoms with Crippen LogP contribution in [0.25, 0.3) is 6.08 Å². The van der Waals surface area contributed by atoms with Gasteiger partial charge in [0.2, 0.25) is 11.1 Å². The lowest BCUT2D eigenvalue weighted by molar-refractivity contribution is -0.122. The van der Waals surface area contributed by atoms with E-state index in [2.05, 4.69) is 30.9 Å². The molecular formula is C22H14BrCl2FN4O2S. The fraction of sp³-hybridized carbons (Fsp3) is 0.0909. The lowest BCUT2D eigenvalue weighted by atomic mass is 10.2. The molecule has 0 N–H and O–H groups in total. The van der Waals surface area contributed by atoms with Gasteiger partial charge in [0, 0.05) is 11.0 Å². The summed E-state index contributed by atoms with van der Waals surface area (Å²) >= 11 is 16.5. The number of hydrogen-bond acceptors (Lipinski definition) is 6. The molecule has 2 aromatic carbocycles. The third kappa shape index (κ3) is 5.55. The van der Waals surface area contributed by atoms with Crippen LogP contribution in [0.3, 0.4) is 0 Å². The summed E-state index contributed by atoms with van der Waals surface area (Å²) in [6.45, 7) is 2.34. The largest absolute Gasteiger partial charge is 0.436 e. The standard InChI is InChI=1S/C22H14BrCl2FN4O2S/c1-2-30-20(31)18(33-22(30)28-13-6-7-15(23)16(24)10-13)9-12-4-3-5-14(8-12)32-19-17(26)11-27-21(25)29-19/h3-11H,2H2,1H3/b18-9-,28-22?. The van der Waals surface area contributed by atoms with Crippen molar-refractivity contribution >= 4 is 73.7 Å². The zero-order valence-corrected chi connectivity index (χ0v) is 20.8. The number of benzene rings is 2. The lowest BCUT2D eigenvalue weighted by Crippen LogP contribution is -2.28. The Morgan fingerprint density at radius 3 is 2.85 bits per heavy atom. The molecule has 6 nitrogen and oxygen atoms in total. The topological polar surface area (TPSA) is 67.7 Å². The molecular weight excluding hydrogens is 554 g/mol. The van der Waals surface area contributed by atoms with Crippen LogP contribution in [0.4, 0.5) is 10.1 Å². The van der Waals surface area contributed by atoms with Gasteiger partial charge in [-0.15, -0.1) is 0 Å². The number of nitrogens with zero attached hydrogens (tertiary/aromatic N) is 4. The second kappa shape index (κ2) is 10.2. The van der Waals surface area contributed by atoms with Gasteiger partial charge in [0.05, 0.1) is 21.8 Å². The van der Waals surface area contributed by atoms with Crippen molar-refractivity contribution in [2.75, 3.05) is 6.54 Å². The van der Waals surface area contributed by atoms with Crippen LogP contribution in [0.1, 0.15) is 12.5 Å². The second-order valence-corrected chi connectivity index (χ2v) is 9.23. The van der Waals surface area contributed by atoms with Gasteiger partial charge in [-0.3, -0.25) is 9.69 Å². The van der Waals surface area contributed by atoms with E-state index in [1.807, 2.05) is 13.0 Å². The maximum atomic E-state index is 13.9. The Balaban J connectivity index is 1.60. The first-order valence-corrected chi connectivity index (χ1v) is 11.9. The van der Waals surface area contributed by atoms with Crippen molar-refractivity contribution in [3.8, 4) is 11.6 Å². The third-order valence-electron chi connectivity index (χ3n) is 4.39. The Kier molecular flexibility index (Phi) is 7.33. The molecule has 0 spiro atoms. The van der Waals surface area contributed by atoms with Crippen LogP contribution in [0.15, 0.2) is 63.0 Å². The summed E-state index contributed by atoms with van der Waals surface area (Å²) in [5.41, 5.74) is 1.33. The van der Waals surface area contributed by atoms with Crippen molar-refractivity contribution in [1.29, 1.82) is 0 Å². The van der Waals surface area contributed by atoms with Gasteiger partial charge in [-0.05, 0) is 88.2 Å². The van der Waals surface area contributed by atoms with Gasteiger partial charge < -0.3 is 4.74 Å². The number of hydrogen-bond donors (Lipinski definition) is 0. The van der Waals surface area contributed by atoms with Gasteiger partial charge in [0.1, 0.15) is 5.75 Å². The summed E-state index contributed by atoms with van der Waals surface area (Å²) in [4.78, 5) is 26.9. The number of amides is 1. The van der Waals surface area contributed by atoms with Crippen LogP contribution in [-0.2, 0) is 4.79 Å². The van der Waals surface area contributed by atoms with Crippen LogP contribution in [-0.4, -0.2) is 32.5 Å². The number of aromatic nitrogens is 2. The van der Waals surface area contributed by atoms with Gasteiger partial charge >= 0.3 is 0 Å². The van der Waals surface area contributed by atoms with Gasteiger partial charge in [-0.2, -0.15) is 9.37 Å². The van der Waals surface area contributed by atoms with Crippen LogP contribution in [0, 0.1) is 5.82 Å². The van der Waals surface area contributed by atoms with Gasteiger partial charge in [0.15, 0.2) is 5.17 Å². The molecule has 11 heteroatoms. The molecule has 3 aromatic rings. The lowest BCUT2D eigenvalue weighted by Gasteiger charge is -2.12. The number of amidine groups is 1. The fourth-order valence-electron chi connectivity index (χ4n) is 2.87. The zero-order chi connectivity index (χ0) is 23.5. The molecule has 0 aliphatic carbocycles. The number of thioether (sulfide) groups is 1. The van der Waals surface area contributed by atoms with Crippen molar-refractivity contribution in [2.45, 2.75) is 6.92 Å². The summed E-state index contributed by atoms with van der Waals surface area (Å²) in [6, 6.07) is 12.2. The zero-order valence-electron chi connectivity index (χ0n) is 16.9. The normalized spacial score (nSPS) is 16.2. The number of halogens is 4. The van der Waals surface area contributed by atoms with Crippen molar-refractivity contribution in [1.82, 2.24) is 14.9 Å². The minimum atomic E-state index is -0.739. The molecule has 1 aliphatic heterocycles. The SMILES string of the molecule is CCN1C(=O)/C(=C/c2cccc(Oc3nc(Cl)ncc3F)c2)SC1=Nc1ccc(Br)c(Cl)c1. The Morgan fingerprint density at radius 2 is 2.09 bits per heavy atom. The van der Waals surface area contributed by atoms with Crippen LogP contribution >= 0.6 is 50.9 Å². The Hall–Kier alpha value is -2.46. The summed E-state index contributed by atoms with van der Waals surface area (Å²) in [6.07, 6.45) is 2.66.